The molecule has 0 heterocycles. The van der Waals surface area contributed by atoms with Crippen molar-refractivity contribution in [3.8, 4) is 0 Å². The summed E-state index contributed by atoms with van der Waals surface area (Å²) in [5.41, 5.74) is 0. The third kappa shape index (κ3) is 4.25. The number of aliphatic carboxylic acids is 2. The van der Waals surface area contributed by atoms with Crippen LogP contribution >= 0.6 is 15.9 Å². The smallest absolute Gasteiger partial charge is 0.322 e. The zero-order valence-electron chi connectivity index (χ0n) is 9.71. The van der Waals surface area contributed by atoms with Crippen LogP contribution in [0.4, 0.5) is 4.39 Å². The zero-order valence-corrected chi connectivity index (χ0v) is 12.1. The molecule has 0 saturated carbocycles. The van der Waals surface area contributed by atoms with Crippen LogP contribution in [0.25, 0.3) is 0 Å². The van der Waals surface area contributed by atoms with Crippen molar-refractivity contribution in [1.82, 2.24) is 4.72 Å². The molecule has 0 aliphatic heterocycles. The van der Waals surface area contributed by atoms with Crippen LogP contribution in [0.3, 0.4) is 0 Å². The number of carbonyl (C=O) groups is 2. The van der Waals surface area contributed by atoms with E-state index in [9.17, 15) is 22.4 Å². The van der Waals surface area contributed by atoms with Crippen molar-refractivity contribution in [2.75, 3.05) is 0 Å². The molecule has 0 spiro atoms. The van der Waals surface area contributed by atoms with Crippen molar-refractivity contribution in [2.24, 2.45) is 0 Å². The Kier molecular flexibility index (Phi) is 5.20. The van der Waals surface area contributed by atoms with Gasteiger partial charge in [-0.1, -0.05) is 0 Å². The lowest BCUT2D eigenvalue weighted by molar-refractivity contribution is -0.145. The van der Waals surface area contributed by atoms with Crippen molar-refractivity contribution in [1.29, 1.82) is 0 Å². The van der Waals surface area contributed by atoms with Crippen LogP contribution in [0, 0.1) is 5.82 Å². The summed E-state index contributed by atoms with van der Waals surface area (Å²) in [5, 5.41) is 17.3. The molecule has 0 radical (unpaired) electrons. The van der Waals surface area contributed by atoms with Gasteiger partial charge in [-0.15, -0.1) is 0 Å². The molecule has 10 heteroatoms. The van der Waals surface area contributed by atoms with E-state index in [0.29, 0.717) is 6.07 Å². The maximum absolute atomic E-state index is 13.3. The molecule has 0 bridgehead atoms. The van der Waals surface area contributed by atoms with Gasteiger partial charge in [-0.25, -0.2) is 12.8 Å². The molecule has 0 aliphatic carbocycles. The fourth-order valence-corrected chi connectivity index (χ4v) is 2.70. The third-order valence-electron chi connectivity index (χ3n) is 2.18. The van der Waals surface area contributed by atoms with Gasteiger partial charge in [-0.2, -0.15) is 4.72 Å². The molecule has 110 valence electrons. The van der Waals surface area contributed by atoms with Gasteiger partial charge in [-0.05, 0) is 34.1 Å². The van der Waals surface area contributed by atoms with E-state index < -0.39 is 45.1 Å². The standard InChI is InChI=1S/C10H9BrFNO6S/c11-6-2-1-5(3-7(6)12)20(18,19)13-8(10(16)17)4-9(14)15/h1-3,8,13H,4H2,(H,14,15)(H,16,17)/t8-/m0/s1. The van der Waals surface area contributed by atoms with Crippen LogP contribution in [0.1, 0.15) is 6.42 Å². The Labute approximate surface area is 121 Å². The lowest BCUT2D eigenvalue weighted by Crippen LogP contribution is -2.42. The Balaban J connectivity index is 3.06. The van der Waals surface area contributed by atoms with E-state index >= 15 is 0 Å². The monoisotopic (exact) mass is 369 g/mol. The quantitative estimate of drug-likeness (QED) is 0.681. The Morgan fingerprint density at radius 3 is 2.40 bits per heavy atom. The lowest BCUT2D eigenvalue weighted by Gasteiger charge is -2.13. The van der Waals surface area contributed by atoms with Gasteiger partial charge in [0.2, 0.25) is 10.0 Å². The second-order valence-corrected chi connectivity index (χ2v) is 6.25. The van der Waals surface area contributed by atoms with Crippen molar-refractivity contribution in [3.63, 3.8) is 0 Å². The van der Waals surface area contributed by atoms with Crippen molar-refractivity contribution < 1.29 is 32.6 Å². The van der Waals surface area contributed by atoms with Crippen LogP contribution in [-0.4, -0.2) is 36.6 Å². The maximum atomic E-state index is 13.3. The second kappa shape index (κ2) is 6.29. The Morgan fingerprint density at radius 1 is 1.35 bits per heavy atom. The second-order valence-electron chi connectivity index (χ2n) is 3.69. The number of carboxylic acid groups (broad SMARTS) is 2. The van der Waals surface area contributed by atoms with Gasteiger partial charge in [-0.3, -0.25) is 9.59 Å². The zero-order chi connectivity index (χ0) is 15.5. The molecule has 0 amide bonds. The molecule has 0 aliphatic rings. The summed E-state index contributed by atoms with van der Waals surface area (Å²) in [5.74, 6) is -3.98. The van der Waals surface area contributed by atoms with Crippen LogP contribution in [0.2, 0.25) is 0 Å². The molecule has 1 atom stereocenters. The molecule has 0 saturated heterocycles. The summed E-state index contributed by atoms with van der Waals surface area (Å²) in [7, 11) is -4.34. The summed E-state index contributed by atoms with van der Waals surface area (Å²) in [6.07, 6.45) is -0.937. The predicted molar refractivity (Wildman–Crippen MR) is 68.1 cm³/mol. The molecule has 1 aromatic rings. The van der Waals surface area contributed by atoms with E-state index in [1.54, 1.807) is 4.72 Å². The molecule has 20 heavy (non-hydrogen) atoms. The summed E-state index contributed by atoms with van der Waals surface area (Å²) in [6.45, 7) is 0. The van der Waals surface area contributed by atoms with E-state index in [0.717, 1.165) is 12.1 Å². The Hall–Kier alpha value is -1.52. The van der Waals surface area contributed by atoms with E-state index in [-0.39, 0.29) is 4.47 Å². The molecule has 1 aromatic carbocycles. The maximum Gasteiger partial charge on any atom is 0.322 e. The normalized spacial score (nSPS) is 12.9. The number of carboxylic acids is 2. The molecule has 0 fully saturated rings. The van der Waals surface area contributed by atoms with Gasteiger partial charge >= 0.3 is 11.9 Å². The highest BCUT2D eigenvalue weighted by molar-refractivity contribution is 9.10. The Bertz CT molecular complexity index is 647. The molecule has 0 unspecified atom stereocenters. The van der Waals surface area contributed by atoms with Crippen LogP contribution < -0.4 is 4.72 Å². The largest absolute Gasteiger partial charge is 0.481 e. The lowest BCUT2D eigenvalue weighted by atomic mass is 10.2. The molecule has 7 nitrogen and oxygen atoms in total. The SMILES string of the molecule is O=C(O)C[C@H](NS(=O)(=O)c1ccc(Br)c(F)c1)C(=O)O. The molecular weight excluding hydrogens is 361 g/mol. The van der Waals surface area contributed by atoms with Crippen molar-refractivity contribution in [3.05, 3.63) is 28.5 Å². The van der Waals surface area contributed by atoms with Crippen LogP contribution in [0.15, 0.2) is 27.6 Å². The predicted octanol–water partition coefficient (Wildman–Crippen LogP) is 0.794. The first-order chi connectivity index (χ1) is 9.13. The van der Waals surface area contributed by atoms with Gasteiger partial charge in [0.25, 0.3) is 0 Å². The van der Waals surface area contributed by atoms with Gasteiger partial charge in [0.15, 0.2) is 0 Å². The van der Waals surface area contributed by atoms with Crippen LogP contribution in [0.5, 0.6) is 0 Å². The minimum atomic E-state index is -4.34. The number of hydrogen-bond acceptors (Lipinski definition) is 4. The van der Waals surface area contributed by atoms with Crippen molar-refractivity contribution >= 4 is 37.9 Å². The third-order valence-corrected chi connectivity index (χ3v) is 4.29. The van der Waals surface area contributed by atoms with E-state index in [1.807, 2.05) is 0 Å². The first-order valence-corrected chi connectivity index (χ1v) is 7.33. The molecular formula is C10H9BrFNO6S. The van der Waals surface area contributed by atoms with Crippen molar-refractivity contribution in [2.45, 2.75) is 17.4 Å². The summed E-state index contributed by atoms with van der Waals surface area (Å²) < 4.78 is 38.7. The number of sulfonamides is 1. The number of rotatable bonds is 6. The number of nitrogens with one attached hydrogen (secondary N) is 1. The molecule has 1 rings (SSSR count). The van der Waals surface area contributed by atoms with Gasteiger partial charge in [0.1, 0.15) is 11.9 Å². The number of hydrogen-bond donors (Lipinski definition) is 3. The summed E-state index contributed by atoms with van der Waals surface area (Å²) >= 11 is 2.84. The Morgan fingerprint density at radius 2 is 1.95 bits per heavy atom. The summed E-state index contributed by atoms with van der Waals surface area (Å²) in [4.78, 5) is 20.8. The molecule has 0 aromatic heterocycles. The van der Waals surface area contributed by atoms with Gasteiger partial charge in [0.05, 0.1) is 15.8 Å². The molecule has 3 N–H and O–H groups in total. The highest BCUT2D eigenvalue weighted by atomic mass is 79.9. The van der Waals surface area contributed by atoms with Gasteiger partial charge < -0.3 is 10.2 Å². The number of benzene rings is 1. The fraction of sp³-hybridized carbons (Fsp3) is 0.200. The van der Waals surface area contributed by atoms with Gasteiger partial charge in [0, 0.05) is 0 Å². The average molecular weight is 370 g/mol. The topological polar surface area (TPSA) is 121 Å². The summed E-state index contributed by atoms with van der Waals surface area (Å²) in [6, 6.07) is 1.03. The average Bonchev–Trinajstić information content (AvgIpc) is 2.30. The highest BCUT2D eigenvalue weighted by Gasteiger charge is 2.27. The first-order valence-electron chi connectivity index (χ1n) is 5.05. The minimum Gasteiger partial charge on any atom is -0.481 e. The fourth-order valence-electron chi connectivity index (χ4n) is 1.25. The minimum absolute atomic E-state index is 0.0387. The first kappa shape index (κ1) is 16.5. The van der Waals surface area contributed by atoms with E-state index in [2.05, 4.69) is 15.9 Å². The number of halogens is 2. The van der Waals surface area contributed by atoms with E-state index in [4.69, 9.17) is 10.2 Å². The highest BCUT2D eigenvalue weighted by Crippen LogP contribution is 2.19. The van der Waals surface area contributed by atoms with E-state index in [1.165, 1.54) is 0 Å². The van der Waals surface area contributed by atoms with Crippen LogP contribution in [-0.2, 0) is 19.6 Å².